The first-order chi connectivity index (χ1) is 6.05. The molecule has 0 aromatic heterocycles. The number of rotatable bonds is 2. The molecule has 0 N–H and O–H groups in total. The number of alkyl halides is 1. The highest BCUT2D eigenvalue weighted by molar-refractivity contribution is 5.76. The van der Waals surface area contributed by atoms with Gasteiger partial charge in [-0.3, -0.25) is 4.79 Å². The molecule has 1 aliphatic rings. The Morgan fingerprint density at radius 2 is 2.46 bits per heavy atom. The summed E-state index contributed by atoms with van der Waals surface area (Å²) in [5, 5.41) is 0. The number of hydrogen-bond donors (Lipinski definition) is 0. The maximum Gasteiger partial charge on any atom is 0.223 e. The Morgan fingerprint density at radius 3 is 2.92 bits per heavy atom. The fraction of sp³-hybridized carbons (Fsp3) is 0.700. The average molecular weight is 183 g/mol. The van der Waals surface area contributed by atoms with Crippen LogP contribution in [0.25, 0.3) is 0 Å². The second-order valence-corrected chi connectivity index (χ2v) is 3.68. The average Bonchev–Trinajstić information content (AvgIpc) is 2.42. The predicted octanol–water partition coefficient (Wildman–Crippen LogP) is 1.36. The van der Waals surface area contributed by atoms with Gasteiger partial charge in [-0.05, 0) is 6.92 Å². The zero-order valence-corrected chi connectivity index (χ0v) is 7.85. The van der Waals surface area contributed by atoms with Crippen LogP contribution in [0.2, 0.25) is 0 Å². The summed E-state index contributed by atoms with van der Waals surface area (Å²) in [4.78, 5) is 12.9. The van der Waals surface area contributed by atoms with E-state index < -0.39 is 5.67 Å². The molecule has 1 amide bonds. The summed E-state index contributed by atoms with van der Waals surface area (Å²) >= 11 is 0. The van der Waals surface area contributed by atoms with E-state index in [0.29, 0.717) is 25.8 Å². The first-order valence-electron chi connectivity index (χ1n) is 4.45. The summed E-state index contributed by atoms with van der Waals surface area (Å²) < 4.78 is 13.3. The fourth-order valence-electron chi connectivity index (χ4n) is 1.47. The van der Waals surface area contributed by atoms with Gasteiger partial charge < -0.3 is 4.90 Å². The number of carbonyl (C=O) groups is 1. The van der Waals surface area contributed by atoms with E-state index in [0.717, 1.165) is 0 Å². The third kappa shape index (κ3) is 2.73. The van der Waals surface area contributed by atoms with Crippen LogP contribution in [0.5, 0.6) is 0 Å². The summed E-state index contributed by atoms with van der Waals surface area (Å²) in [5.41, 5.74) is -1.20. The van der Waals surface area contributed by atoms with Crippen molar-refractivity contribution in [3.8, 4) is 12.3 Å². The Bertz CT molecular complexity index is 242. The van der Waals surface area contributed by atoms with Crippen LogP contribution in [-0.2, 0) is 4.79 Å². The standard InChI is InChI=1S/C10H14FNO/c1-3-4-5-9(13)12-7-6-10(2,11)8-12/h1H,4-8H2,2H3. The van der Waals surface area contributed by atoms with Crippen LogP contribution in [0.15, 0.2) is 0 Å². The maximum absolute atomic E-state index is 13.3. The smallest absolute Gasteiger partial charge is 0.223 e. The molecule has 1 atom stereocenters. The van der Waals surface area contributed by atoms with Crippen LogP contribution < -0.4 is 0 Å². The molecule has 0 spiro atoms. The molecule has 0 radical (unpaired) electrons. The lowest BCUT2D eigenvalue weighted by Crippen LogP contribution is -2.31. The number of likely N-dealkylation sites (tertiary alicyclic amines) is 1. The van der Waals surface area contributed by atoms with E-state index >= 15 is 0 Å². The van der Waals surface area contributed by atoms with Crippen LogP contribution in [0.3, 0.4) is 0 Å². The lowest BCUT2D eigenvalue weighted by atomic mass is 10.1. The van der Waals surface area contributed by atoms with Crippen molar-refractivity contribution in [2.24, 2.45) is 0 Å². The Labute approximate surface area is 78.1 Å². The van der Waals surface area contributed by atoms with Crippen molar-refractivity contribution in [1.29, 1.82) is 0 Å². The molecule has 1 rings (SSSR count). The molecule has 2 nitrogen and oxygen atoms in total. The Morgan fingerprint density at radius 1 is 1.77 bits per heavy atom. The molecule has 0 bridgehead atoms. The van der Waals surface area contributed by atoms with Gasteiger partial charge in [0, 0.05) is 25.8 Å². The van der Waals surface area contributed by atoms with Gasteiger partial charge in [-0.2, -0.15) is 0 Å². The van der Waals surface area contributed by atoms with Gasteiger partial charge in [0.2, 0.25) is 5.91 Å². The van der Waals surface area contributed by atoms with Crippen LogP contribution in [0, 0.1) is 12.3 Å². The van der Waals surface area contributed by atoms with E-state index in [-0.39, 0.29) is 12.5 Å². The van der Waals surface area contributed by atoms with Gasteiger partial charge in [-0.15, -0.1) is 12.3 Å². The van der Waals surface area contributed by atoms with Crippen molar-refractivity contribution in [3.05, 3.63) is 0 Å². The SMILES string of the molecule is C#CCCC(=O)N1CCC(C)(F)C1. The maximum atomic E-state index is 13.3. The van der Waals surface area contributed by atoms with Crippen molar-refractivity contribution in [1.82, 2.24) is 4.90 Å². The Kier molecular flexibility index (Phi) is 2.92. The summed E-state index contributed by atoms with van der Waals surface area (Å²) in [7, 11) is 0. The molecule has 0 aliphatic carbocycles. The highest BCUT2D eigenvalue weighted by Gasteiger charge is 2.35. The van der Waals surface area contributed by atoms with Gasteiger partial charge >= 0.3 is 0 Å². The van der Waals surface area contributed by atoms with Gasteiger partial charge in [0.05, 0.1) is 6.54 Å². The molecular formula is C10H14FNO. The molecule has 72 valence electrons. The molecule has 0 aromatic rings. The molecule has 0 aromatic carbocycles. The van der Waals surface area contributed by atoms with Gasteiger partial charge in [0.25, 0.3) is 0 Å². The number of nitrogens with zero attached hydrogens (tertiary/aromatic N) is 1. The van der Waals surface area contributed by atoms with Crippen LogP contribution in [0.4, 0.5) is 4.39 Å². The van der Waals surface area contributed by atoms with E-state index in [1.54, 1.807) is 4.90 Å². The van der Waals surface area contributed by atoms with Gasteiger partial charge in [-0.25, -0.2) is 4.39 Å². The first-order valence-corrected chi connectivity index (χ1v) is 4.45. The third-order valence-electron chi connectivity index (χ3n) is 2.26. The fourth-order valence-corrected chi connectivity index (χ4v) is 1.47. The Balaban J connectivity index is 2.39. The van der Waals surface area contributed by atoms with Crippen LogP contribution in [-0.4, -0.2) is 29.6 Å². The molecule has 0 saturated carbocycles. The highest BCUT2D eigenvalue weighted by Crippen LogP contribution is 2.24. The molecule has 13 heavy (non-hydrogen) atoms. The zero-order valence-electron chi connectivity index (χ0n) is 7.85. The quantitative estimate of drug-likeness (QED) is 0.592. The monoisotopic (exact) mass is 183 g/mol. The van der Waals surface area contributed by atoms with Crippen molar-refractivity contribution in [2.75, 3.05) is 13.1 Å². The number of terminal acetylenes is 1. The third-order valence-corrected chi connectivity index (χ3v) is 2.26. The second-order valence-electron chi connectivity index (χ2n) is 3.68. The van der Waals surface area contributed by atoms with E-state index in [1.165, 1.54) is 6.92 Å². The minimum absolute atomic E-state index is 0.0284. The number of amides is 1. The largest absolute Gasteiger partial charge is 0.339 e. The molecular weight excluding hydrogens is 169 g/mol. The lowest BCUT2D eigenvalue weighted by molar-refractivity contribution is -0.130. The van der Waals surface area contributed by atoms with Crippen molar-refractivity contribution in [2.45, 2.75) is 31.9 Å². The topological polar surface area (TPSA) is 20.3 Å². The van der Waals surface area contributed by atoms with Crippen molar-refractivity contribution < 1.29 is 9.18 Å². The molecule has 1 unspecified atom stereocenters. The molecule has 1 fully saturated rings. The van der Waals surface area contributed by atoms with Gasteiger partial charge in [0.15, 0.2) is 0 Å². The van der Waals surface area contributed by atoms with E-state index in [9.17, 15) is 9.18 Å². The minimum Gasteiger partial charge on any atom is -0.339 e. The summed E-state index contributed by atoms with van der Waals surface area (Å²) in [6.07, 6.45) is 6.26. The zero-order chi connectivity index (χ0) is 9.90. The second kappa shape index (κ2) is 3.78. The van der Waals surface area contributed by atoms with E-state index in [4.69, 9.17) is 6.42 Å². The lowest BCUT2D eigenvalue weighted by Gasteiger charge is -2.16. The molecule has 1 heterocycles. The summed E-state index contributed by atoms with van der Waals surface area (Å²) in [6, 6.07) is 0. The van der Waals surface area contributed by atoms with Crippen LogP contribution >= 0.6 is 0 Å². The minimum atomic E-state index is -1.20. The number of halogens is 1. The number of hydrogen-bond acceptors (Lipinski definition) is 1. The normalized spacial score (nSPS) is 27.3. The van der Waals surface area contributed by atoms with Gasteiger partial charge in [0.1, 0.15) is 5.67 Å². The predicted molar refractivity (Wildman–Crippen MR) is 48.8 cm³/mol. The van der Waals surface area contributed by atoms with E-state index in [2.05, 4.69) is 5.92 Å². The first kappa shape index (κ1) is 10.0. The molecule has 3 heteroatoms. The van der Waals surface area contributed by atoms with Gasteiger partial charge in [-0.1, -0.05) is 0 Å². The molecule has 1 aliphatic heterocycles. The summed E-state index contributed by atoms with van der Waals surface area (Å²) in [5.74, 6) is 2.37. The van der Waals surface area contributed by atoms with Crippen molar-refractivity contribution in [3.63, 3.8) is 0 Å². The van der Waals surface area contributed by atoms with Crippen LogP contribution in [0.1, 0.15) is 26.2 Å². The van der Waals surface area contributed by atoms with E-state index in [1.807, 2.05) is 0 Å². The van der Waals surface area contributed by atoms with Crippen molar-refractivity contribution >= 4 is 5.91 Å². The molecule has 1 saturated heterocycles. The Hall–Kier alpha value is -1.04. The summed E-state index contributed by atoms with van der Waals surface area (Å²) in [6.45, 7) is 2.27. The highest BCUT2D eigenvalue weighted by atomic mass is 19.1. The number of carbonyl (C=O) groups excluding carboxylic acids is 1.